The number of amides is 3. The van der Waals surface area contributed by atoms with Gasteiger partial charge in [-0.05, 0) is 96.5 Å². The predicted octanol–water partition coefficient (Wildman–Crippen LogP) is 4.91. The molecule has 0 bridgehead atoms. The maximum absolute atomic E-state index is 14.2. The fraction of sp³-hybridized carbons (Fsp3) is 0.404. The van der Waals surface area contributed by atoms with Crippen LogP contribution in [0.15, 0.2) is 97.1 Å². The van der Waals surface area contributed by atoms with Gasteiger partial charge in [-0.2, -0.15) is 0 Å². The van der Waals surface area contributed by atoms with Crippen molar-refractivity contribution in [3.05, 3.63) is 108 Å². The molecular formula is C52H68ClN7O7+2. The van der Waals surface area contributed by atoms with Crippen molar-refractivity contribution in [3.8, 4) is 22.6 Å². The highest BCUT2D eigenvalue weighted by atomic mass is 35.5. The van der Waals surface area contributed by atoms with Crippen LogP contribution in [-0.4, -0.2) is 74.1 Å². The Bertz CT molecular complexity index is 2470. The number of benzene rings is 5. The van der Waals surface area contributed by atoms with Crippen molar-refractivity contribution in [1.29, 1.82) is 0 Å². The zero-order chi connectivity index (χ0) is 48.3. The summed E-state index contributed by atoms with van der Waals surface area (Å²) in [6.45, 7) is 9.16. The topological polar surface area (TPSA) is 226 Å². The van der Waals surface area contributed by atoms with E-state index in [2.05, 4.69) is 52.7 Å². The Kier molecular flexibility index (Phi) is 20.1. The number of nitrogens with two attached hydrogens (primary N) is 2. The predicted molar refractivity (Wildman–Crippen MR) is 264 cm³/mol. The number of hydrogen-bond acceptors (Lipinski definition) is 7. The molecule has 3 amide bonds. The van der Waals surface area contributed by atoms with Gasteiger partial charge in [0.15, 0.2) is 6.61 Å². The molecule has 0 fully saturated rings. The van der Waals surface area contributed by atoms with Gasteiger partial charge in [0.2, 0.25) is 11.8 Å². The lowest BCUT2D eigenvalue weighted by Gasteiger charge is -2.26. The van der Waals surface area contributed by atoms with E-state index < -0.39 is 48.4 Å². The maximum Gasteiger partial charge on any atom is 0.338 e. The number of quaternary nitrogens is 1. The summed E-state index contributed by atoms with van der Waals surface area (Å²) in [6, 6.07) is 27.8. The van der Waals surface area contributed by atoms with Crippen LogP contribution in [0.1, 0.15) is 78.2 Å². The largest absolute Gasteiger partial charge is 0.493 e. The molecule has 15 heteroatoms. The van der Waals surface area contributed by atoms with E-state index in [0.717, 1.165) is 39.1 Å². The van der Waals surface area contributed by atoms with Crippen molar-refractivity contribution in [2.45, 2.75) is 97.4 Å². The van der Waals surface area contributed by atoms with Crippen molar-refractivity contribution < 1.29 is 44.1 Å². The lowest BCUT2D eigenvalue weighted by atomic mass is 9.92. The Balaban J connectivity index is 1.37. The average molecular weight is 939 g/mol. The Morgan fingerprint density at radius 1 is 0.657 bits per heavy atom. The molecule has 5 rings (SSSR count). The van der Waals surface area contributed by atoms with E-state index in [1.165, 1.54) is 0 Å². The average Bonchev–Trinajstić information content (AvgIpc) is 3.30. The molecule has 0 saturated heterocycles. The van der Waals surface area contributed by atoms with Gasteiger partial charge in [0.05, 0.1) is 19.7 Å². The van der Waals surface area contributed by atoms with Crippen LogP contribution in [0.4, 0.5) is 0 Å². The summed E-state index contributed by atoms with van der Waals surface area (Å²) in [5.74, 6) is -0.669. The second-order valence-electron chi connectivity index (χ2n) is 17.6. The van der Waals surface area contributed by atoms with Crippen molar-refractivity contribution in [2.24, 2.45) is 23.3 Å². The van der Waals surface area contributed by atoms with Gasteiger partial charge >= 0.3 is 11.9 Å². The fourth-order valence-corrected chi connectivity index (χ4v) is 7.93. The van der Waals surface area contributed by atoms with Gasteiger partial charge in [0, 0.05) is 21.7 Å². The standard InChI is InChI=1S/C52H66ClN7O7/c1-33(2)26-29-65-44-24-22-35-14-5-8-17-38(35)47(44)48-39-18-9-6-15-36(39)23-25-45(48)66-32-46(61)58-41(20-11-12-27-54)49(62)59-42(21-13-28-57-52(55)56)50(63)60-43(30-34(3)4)51(64)67-31-37-16-7-10-19-40(37)53/h5-10,14-19,22-25,33-34,41-43H,11-13,20-21,26-32,54H2,1-4H3,(H,58,61)(H,59,62)(H,60,63)(H4,55,56,57)/p+2/t41-,42-,43+/m1/s1. The second-order valence-corrected chi connectivity index (χ2v) is 18.0. The number of halogens is 1. The maximum atomic E-state index is 14.2. The molecule has 0 saturated carbocycles. The van der Waals surface area contributed by atoms with E-state index in [4.69, 9.17) is 37.3 Å². The molecule has 0 aliphatic heterocycles. The van der Waals surface area contributed by atoms with Gasteiger partial charge in [-0.3, -0.25) is 30.8 Å². The molecule has 3 atom stereocenters. The Morgan fingerprint density at radius 3 is 1.82 bits per heavy atom. The Hall–Kier alpha value is -6.38. The van der Waals surface area contributed by atoms with Crippen LogP contribution in [0.25, 0.3) is 32.7 Å². The molecule has 0 aliphatic carbocycles. The van der Waals surface area contributed by atoms with Gasteiger partial charge < -0.3 is 35.9 Å². The SMILES string of the molecule is CC(C)CCOc1ccc2ccccc2c1-c1c(OCC(=O)N[C@H](CCCC[NH3+])C(=O)N[C@H](CCC[NH+]=C(N)N)C(=O)N[C@@H](CC(C)C)C(=O)OCc2ccccc2Cl)ccc2ccccc12. The first-order chi connectivity index (χ1) is 32.2. The van der Waals surface area contributed by atoms with Crippen molar-refractivity contribution in [1.82, 2.24) is 16.0 Å². The molecule has 0 spiro atoms. The molecule has 0 aromatic heterocycles. The number of hydrogen-bond donors (Lipinski definition) is 7. The first-order valence-corrected chi connectivity index (χ1v) is 23.6. The lowest BCUT2D eigenvalue weighted by molar-refractivity contribution is -0.459. The third-order valence-electron chi connectivity index (χ3n) is 11.3. The number of fused-ring (bicyclic) bond motifs is 2. The van der Waals surface area contributed by atoms with E-state index in [-0.39, 0.29) is 37.7 Å². The summed E-state index contributed by atoms with van der Waals surface area (Å²) < 4.78 is 18.5. The van der Waals surface area contributed by atoms with Crippen LogP contribution in [0, 0.1) is 11.8 Å². The number of esters is 1. The lowest BCUT2D eigenvalue weighted by Crippen LogP contribution is -2.78. The minimum absolute atomic E-state index is 0.0103. The van der Waals surface area contributed by atoms with Crippen molar-refractivity contribution >= 4 is 62.8 Å². The molecule has 0 aliphatic rings. The van der Waals surface area contributed by atoms with E-state index in [0.29, 0.717) is 67.0 Å². The smallest absolute Gasteiger partial charge is 0.338 e. The number of carbonyl (C=O) groups excluding carboxylic acids is 4. The van der Waals surface area contributed by atoms with Crippen LogP contribution >= 0.6 is 11.6 Å². The minimum atomic E-state index is -1.10. The fourth-order valence-electron chi connectivity index (χ4n) is 7.74. The third-order valence-corrected chi connectivity index (χ3v) is 11.6. The van der Waals surface area contributed by atoms with Crippen LogP contribution < -0.4 is 47.6 Å². The summed E-state index contributed by atoms with van der Waals surface area (Å²) in [5, 5.41) is 12.9. The summed E-state index contributed by atoms with van der Waals surface area (Å²) in [4.78, 5) is 58.5. The molecule has 0 unspecified atom stereocenters. The number of nitrogens with one attached hydrogen (secondary N) is 4. The van der Waals surface area contributed by atoms with Gasteiger partial charge in [-0.25, -0.2) is 4.79 Å². The highest BCUT2D eigenvalue weighted by Crippen LogP contribution is 2.45. The second kappa shape index (κ2) is 26.1. The van der Waals surface area contributed by atoms with Crippen LogP contribution in [-0.2, 0) is 30.5 Å². The van der Waals surface area contributed by atoms with Gasteiger partial charge in [-0.1, -0.05) is 118 Å². The van der Waals surface area contributed by atoms with Gasteiger partial charge in [0.25, 0.3) is 5.91 Å². The van der Waals surface area contributed by atoms with Crippen LogP contribution in [0.5, 0.6) is 11.5 Å². The quantitative estimate of drug-likeness (QED) is 0.0173. The van der Waals surface area contributed by atoms with E-state index in [1.54, 1.807) is 24.3 Å². The molecule has 67 heavy (non-hydrogen) atoms. The molecule has 0 heterocycles. The zero-order valence-electron chi connectivity index (χ0n) is 39.2. The number of unbranched alkanes of at least 4 members (excludes halogenated alkanes) is 1. The molecule has 0 radical (unpaired) electrons. The number of ether oxygens (including phenoxy) is 3. The van der Waals surface area contributed by atoms with E-state index >= 15 is 0 Å². The monoisotopic (exact) mass is 937 g/mol. The molecule has 358 valence electrons. The van der Waals surface area contributed by atoms with Crippen LogP contribution in [0.2, 0.25) is 5.02 Å². The summed E-state index contributed by atoms with van der Waals surface area (Å²) in [5.41, 5.74) is 17.4. The molecule has 5 aromatic carbocycles. The van der Waals surface area contributed by atoms with Crippen LogP contribution in [0.3, 0.4) is 0 Å². The highest BCUT2D eigenvalue weighted by Gasteiger charge is 2.31. The number of carbonyl (C=O) groups is 4. The minimum Gasteiger partial charge on any atom is -0.493 e. The number of guanidine groups is 1. The normalized spacial score (nSPS) is 12.6. The first kappa shape index (κ1) is 51.6. The Morgan fingerprint density at radius 2 is 1.22 bits per heavy atom. The molecule has 5 aromatic rings. The van der Waals surface area contributed by atoms with Crippen molar-refractivity contribution in [2.75, 3.05) is 26.3 Å². The van der Waals surface area contributed by atoms with Gasteiger partial charge in [-0.15, -0.1) is 0 Å². The zero-order valence-corrected chi connectivity index (χ0v) is 40.0. The first-order valence-electron chi connectivity index (χ1n) is 23.3. The Labute approximate surface area is 398 Å². The number of rotatable bonds is 26. The summed E-state index contributed by atoms with van der Waals surface area (Å²) in [6.07, 6.45) is 3.26. The van der Waals surface area contributed by atoms with E-state index in [9.17, 15) is 19.2 Å². The molecular weight excluding hydrogens is 870 g/mol. The summed E-state index contributed by atoms with van der Waals surface area (Å²) in [7, 11) is 0. The molecule has 14 nitrogen and oxygen atoms in total. The highest BCUT2D eigenvalue weighted by molar-refractivity contribution is 6.31. The van der Waals surface area contributed by atoms with Gasteiger partial charge in [0.1, 0.15) is 36.2 Å². The van der Waals surface area contributed by atoms with Crippen molar-refractivity contribution in [3.63, 3.8) is 0 Å². The third kappa shape index (κ3) is 15.6. The van der Waals surface area contributed by atoms with E-state index in [1.807, 2.05) is 74.5 Å². The molecule has 11 N–H and O–H groups in total. The summed E-state index contributed by atoms with van der Waals surface area (Å²) >= 11 is 6.30.